The van der Waals surface area contributed by atoms with Crippen molar-refractivity contribution in [3.8, 4) is 11.1 Å². The van der Waals surface area contributed by atoms with Gasteiger partial charge in [0.2, 0.25) is 0 Å². The minimum Gasteiger partial charge on any atom is -0.480 e. The van der Waals surface area contributed by atoms with Gasteiger partial charge in [-0.3, -0.25) is 4.79 Å². The summed E-state index contributed by atoms with van der Waals surface area (Å²) in [5.74, 6) is -0.727. The zero-order valence-electron chi connectivity index (χ0n) is 14.3. The predicted molar refractivity (Wildman–Crippen MR) is 102 cm³/mol. The largest absolute Gasteiger partial charge is 0.480 e. The van der Waals surface area contributed by atoms with Crippen LogP contribution in [0.3, 0.4) is 0 Å². The van der Waals surface area contributed by atoms with Crippen LogP contribution >= 0.6 is 11.8 Å². The normalized spacial score (nSPS) is 13.2. The average molecular weight is 354 g/mol. The summed E-state index contributed by atoms with van der Waals surface area (Å²) in [6.07, 6.45) is 5.12. The topological polar surface area (TPSA) is 62.0 Å². The van der Waals surface area contributed by atoms with E-state index in [1.165, 1.54) is 18.2 Å². The molecule has 0 saturated carbocycles. The van der Waals surface area contributed by atoms with Crippen LogP contribution in [-0.2, 0) is 4.79 Å². The van der Waals surface area contributed by atoms with E-state index in [1.807, 2.05) is 42.5 Å². The van der Waals surface area contributed by atoms with Crippen LogP contribution in [0.1, 0.15) is 39.0 Å². The van der Waals surface area contributed by atoms with Crippen LogP contribution in [0.25, 0.3) is 11.1 Å². The number of unbranched alkanes of at least 4 members (excludes halogenated alkanes) is 3. The van der Waals surface area contributed by atoms with E-state index in [2.05, 4.69) is 17.2 Å². The number of carboxylic acids is 1. The Morgan fingerprint density at radius 1 is 1.08 bits per heavy atom. The maximum atomic E-state index is 11.5. The molecule has 4 nitrogen and oxygen atoms in total. The first kappa shape index (κ1) is 17.7. The third-order valence-electron chi connectivity index (χ3n) is 4.29. The number of aliphatic carboxylic acids is 1. The fraction of sp³-hybridized carbons (Fsp3) is 0.350. The summed E-state index contributed by atoms with van der Waals surface area (Å²) < 4.78 is 0. The molecule has 0 spiro atoms. The van der Waals surface area contributed by atoms with Crippen LogP contribution in [-0.4, -0.2) is 16.3 Å². The molecule has 5 heteroatoms. The highest BCUT2D eigenvalue weighted by Crippen LogP contribution is 2.39. The number of carboxylic acid groups (broad SMARTS) is 1. The van der Waals surface area contributed by atoms with E-state index < -0.39 is 5.97 Å². The fourth-order valence-corrected chi connectivity index (χ4v) is 3.89. The Morgan fingerprint density at radius 2 is 1.88 bits per heavy atom. The van der Waals surface area contributed by atoms with E-state index in [-0.39, 0.29) is 5.25 Å². The molecule has 2 aromatic carbocycles. The monoisotopic (exact) mass is 354 g/mol. The Balaban J connectivity index is 1.65. The molecule has 25 heavy (non-hydrogen) atoms. The molecule has 0 radical (unpaired) electrons. The number of thioether (sulfide) groups is 1. The summed E-state index contributed by atoms with van der Waals surface area (Å²) in [7, 11) is 0. The molecule has 0 aliphatic carbocycles. The second-order valence-electron chi connectivity index (χ2n) is 6.22. The van der Waals surface area contributed by atoms with Crippen molar-refractivity contribution in [1.29, 1.82) is 0 Å². The van der Waals surface area contributed by atoms with Gasteiger partial charge in [0.1, 0.15) is 5.25 Å². The van der Waals surface area contributed by atoms with Gasteiger partial charge in [0, 0.05) is 10.5 Å². The molecule has 1 heterocycles. The van der Waals surface area contributed by atoms with E-state index in [9.17, 15) is 9.90 Å². The van der Waals surface area contributed by atoms with E-state index in [4.69, 9.17) is 0 Å². The molecule has 0 saturated heterocycles. The van der Waals surface area contributed by atoms with Gasteiger partial charge in [0.25, 0.3) is 0 Å². The average Bonchev–Trinajstić information content (AvgIpc) is 2.99. The number of nitrogens with zero attached hydrogens (tertiary/aromatic N) is 2. The number of azo groups is 1. The number of carbonyl (C=O) groups is 1. The molecule has 2 aromatic rings. The molecular weight excluding hydrogens is 332 g/mol. The van der Waals surface area contributed by atoms with Crippen LogP contribution in [0.4, 0.5) is 11.4 Å². The van der Waals surface area contributed by atoms with Gasteiger partial charge < -0.3 is 5.11 Å². The lowest BCUT2D eigenvalue weighted by Gasteiger charge is -2.12. The minimum atomic E-state index is -0.727. The van der Waals surface area contributed by atoms with Crippen LogP contribution in [0.2, 0.25) is 0 Å². The first-order valence-corrected chi connectivity index (χ1v) is 9.61. The third-order valence-corrected chi connectivity index (χ3v) is 5.56. The Bertz CT molecular complexity index is 772. The molecule has 2 bridgehead atoms. The highest BCUT2D eigenvalue weighted by atomic mass is 32.2. The summed E-state index contributed by atoms with van der Waals surface area (Å²) in [5.41, 5.74) is 3.90. The molecule has 1 N–H and O–H groups in total. The highest BCUT2D eigenvalue weighted by Gasteiger charge is 2.18. The zero-order valence-corrected chi connectivity index (χ0v) is 15.1. The maximum absolute atomic E-state index is 11.5. The van der Waals surface area contributed by atoms with Crippen molar-refractivity contribution in [1.82, 2.24) is 0 Å². The summed E-state index contributed by atoms with van der Waals surface area (Å²) >= 11 is 1.44. The Hall–Kier alpha value is -2.14. The Morgan fingerprint density at radius 3 is 2.60 bits per heavy atom. The van der Waals surface area contributed by atoms with Crippen molar-refractivity contribution < 1.29 is 9.90 Å². The first-order valence-electron chi connectivity index (χ1n) is 8.73. The lowest BCUT2D eigenvalue weighted by atomic mass is 10.0. The molecule has 0 amide bonds. The van der Waals surface area contributed by atoms with Gasteiger partial charge in [-0.25, -0.2) is 0 Å². The van der Waals surface area contributed by atoms with Crippen molar-refractivity contribution in [2.45, 2.75) is 49.2 Å². The first-order chi connectivity index (χ1) is 12.2. The number of benzene rings is 2. The Labute approximate surface area is 152 Å². The standard InChI is InChI=1S/C20H22N2O2S/c1-2-3-4-5-6-19(20(23)24)25-16-10-7-14(8-11-16)17-12-9-15-13-18(17)22-21-15/h7-13,19H,2-6H2,1H3,(H,23,24). The molecule has 3 rings (SSSR count). The molecule has 1 aliphatic heterocycles. The third kappa shape index (κ3) is 4.48. The molecule has 0 aromatic heterocycles. The minimum absolute atomic E-state index is 0.381. The summed E-state index contributed by atoms with van der Waals surface area (Å²) in [5, 5.41) is 17.3. The molecule has 130 valence electrons. The van der Waals surface area contributed by atoms with Crippen molar-refractivity contribution in [3.05, 3.63) is 42.5 Å². The molecule has 1 atom stereocenters. The zero-order chi connectivity index (χ0) is 17.6. The van der Waals surface area contributed by atoms with Gasteiger partial charge in [0.15, 0.2) is 0 Å². The number of rotatable bonds is 9. The van der Waals surface area contributed by atoms with Crippen LogP contribution in [0, 0.1) is 0 Å². The summed E-state index contributed by atoms with van der Waals surface area (Å²) in [6, 6.07) is 14.0. The summed E-state index contributed by atoms with van der Waals surface area (Å²) in [4.78, 5) is 12.5. The van der Waals surface area contributed by atoms with Gasteiger partial charge in [-0.1, -0.05) is 44.7 Å². The number of hydrogen-bond donors (Lipinski definition) is 1. The molecular formula is C20H22N2O2S. The van der Waals surface area contributed by atoms with Gasteiger partial charge in [-0.05, 0) is 42.3 Å². The quantitative estimate of drug-likeness (QED) is 0.348. The smallest absolute Gasteiger partial charge is 0.316 e. The Kier molecular flexibility index (Phi) is 5.87. The van der Waals surface area contributed by atoms with Gasteiger partial charge in [-0.15, -0.1) is 16.9 Å². The van der Waals surface area contributed by atoms with Crippen molar-refractivity contribution in [2.24, 2.45) is 10.2 Å². The van der Waals surface area contributed by atoms with Gasteiger partial charge >= 0.3 is 5.97 Å². The van der Waals surface area contributed by atoms with Gasteiger partial charge in [-0.2, -0.15) is 5.11 Å². The SMILES string of the molecule is CCCCCCC(Sc1ccc(-c2ccc3cc2N=N3)cc1)C(=O)O. The predicted octanol–water partition coefficient (Wildman–Crippen LogP) is 6.60. The number of hydrogen-bond acceptors (Lipinski definition) is 4. The van der Waals surface area contributed by atoms with E-state index in [0.29, 0.717) is 6.42 Å². The van der Waals surface area contributed by atoms with E-state index in [0.717, 1.165) is 46.7 Å². The van der Waals surface area contributed by atoms with Crippen molar-refractivity contribution >= 4 is 29.1 Å². The van der Waals surface area contributed by atoms with E-state index in [1.54, 1.807) is 0 Å². The van der Waals surface area contributed by atoms with Crippen LogP contribution < -0.4 is 0 Å². The van der Waals surface area contributed by atoms with Crippen LogP contribution in [0.15, 0.2) is 57.6 Å². The number of fused-ring (bicyclic) bond motifs is 2. The van der Waals surface area contributed by atoms with Crippen molar-refractivity contribution in [2.75, 3.05) is 0 Å². The molecule has 1 unspecified atom stereocenters. The fourth-order valence-electron chi connectivity index (χ4n) is 2.89. The summed E-state index contributed by atoms with van der Waals surface area (Å²) in [6.45, 7) is 2.16. The second-order valence-corrected chi connectivity index (χ2v) is 7.50. The molecule has 0 fully saturated rings. The highest BCUT2D eigenvalue weighted by molar-refractivity contribution is 8.00. The maximum Gasteiger partial charge on any atom is 0.316 e. The van der Waals surface area contributed by atoms with Gasteiger partial charge in [0.05, 0.1) is 11.4 Å². The lowest BCUT2D eigenvalue weighted by molar-refractivity contribution is -0.136. The van der Waals surface area contributed by atoms with Crippen molar-refractivity contribution in [3.63, 3.8) is 0 Å². The van der Waals surface area contributed by atoms with Crippen LogP contribution in [0.5, 0.6) is 0 Å². The lowest BCUT2D eigenvalue weighted by Crippen LogP contribution is -2.16. The molecule has 1 aliphatic rings. The van der Waals surface area contributed by atoms with E-state index >= 15 is 0 Å². The second kappa shape index (κ2) is 8.30.